The number of nitrogens with one attached hydrogen (secondary N) is 1. The molecule has 0 amide bonds. The maximum atomic E-state index is 9.37. The van der Waals surface area contributed by atoms with Crippen LogP contribution in [0.25, 0.3) is 0 Å². The Hall–Kier alpha value is -0.720. The van der Waals surface area contributed by atoms with Gasteiger partial charge in [-0.05, 0) is 59.3 Å². The summed E-state index contributed by atoms with van der Waals surface area (Å²) in [4.78, 5) is 0. The first-order chi connectivity index (χ1) is 8.04. The molecule has 1 aromatic rings. The SMILES string of the molecule is CC1CCC(C#N)(Nc2ccc(Cl)c(Br)c2)C1. The van der Waals surface area contributed by atoms with Gasteiger partial charge in [0.15, 0.2) is 0 Å². The lowest BCUT2D eigenvalue weighted by Crippen LogP contribution is -2.33. The molecular formula is C13H14BrClN2. The van der Waals surface area contributed by atoms with Crippen LogP contribution in [0.15, 0.2) is 22.7 Å². The summed E-state index contributed by atoms with van der Waals surface area (Å²) in [5, 5.41) is 13.4. The second-order valence-electron chi connectivity index (χ2n) is 4.80. The zero-order valence-corrected chi connectivity index (χ0v) is 12.0. The second-order valence-corrected chi connectivity index (χ2v) is 6.06. The van der Waals surface area contributed by atoms with Crippen molar-refractivity contribution in [3.8, 4) is 6.07 Å². The summed E-state index contributed by atoms with van der Waals surface area (Å²) in [5.74, 6) is 0.609. The monoisotopic (exact) mass is 312 g/mol. The molecule has 4 heteroatoms. The fourth-order valence-electron chi connectivity index (χ4n) is 2.38. The van der Waals surface area contributed by atoms with Gasteiger partial charge in [0.2, 0.25) is 0 Å². The molecule has 1 aliphatic rings. The fraction of sp³-hybridized carbons (Fsp3) is 0.462. The minimum Gasteiger partial charge on any atom is -0.367 e. The molecule has 17 heavy (non-hydrogen) atoms. The highest BCUT2D eigenvalue weighted by molar-refractivity contribution is 9.10. The molecule has 2 nitrogen and oxygen atoms in total. The number of nitrogens with zero attached hydrogens (tertiary/aromatic N) is 1. The molecule has 1 N–H and O–H groups in total. The normalized spacial score (nSPS) is 27.8. The molecular weight excluding hydrogens is 300 g/mol. The Morgan fingerprint density at radius 3 is 2.88 bits per heavy atom. The Bertz CT molecular complexity index is 469. The average Bonchev–Trinajstić information content (AvgIpc) is 2.66. The van der Waals surface area contributed by atoms with Crippen LogP contribution in [0.5, 0.6) is 0 Å². The number of hydrogen-bond donors (Lipinski definition) is 1. The van der Waals surface area contributed by atoms with Crippen molar-refractivity contribution in [3.05, 3.63) is 27.7 Å². The molecule has 1 aliphatic carbocycles. The molecule has 0 spiro atoms. The number of benzene rings is 1. The molecule has 0 bridgehead atoms. The van der Waals surface area contributed by atoms with E-state index in [1.807, 2.05) is 18.2 Å². The summed E-state index contributed by atoms with van der Waals surface area (Å²) in [6, 6.07) is 8.09. The van der Waals surface area contributed by atoms with Gasteiger partial charge in [-0.15, -0.1) is 0 Å². The lowest BCUT2D eigenvalue weighted by Gasteiger charge is -2.24. The van der Waals surface area contributed by atoms with Crippen molar-refractivity contribution < 1.29 is 0 Å². The van der Waals surface area contributed by atoms with E-state index in [0.717, 1.165) is 29.4 Å². The van der Waals surface area contributed by atoms with Gasteiger partial charge in [0.1, 0.15) is 5.54 Å². The first-order valence-corrected chi connectivity index (χ1v) is 6.86. The quantitative estimate of drug-likeness (QED) is 0.866. The van der Waals surface area contributed by atoms with Gasteiger partial charge >= 0.3 is 0 Å². The molecule has 2 rings (SSSR count). The van der Waals surface area contributed by atoms with Crippen LogP contribution >= 0.6 is 27.5 Å². The molecule has 0 aromatic heterocycles. The Morgan fingerprint density at radius 2 is 2.35 bits per heavy atom. The third-order valence-electron chi connectivity index (χ3n) is 3.28. The van der Waals surface area contributed by atoms with Crippen molar-refractivity contribution in [1.82, 2.24) is 0 Å². The molecule has 0 heterocycles. The van der Waals surface area contributed by atoms with Crippen molar-refractivity contribution in [2.75, 3.05) is 5.32 Å². The smallest absolute Gasteiger partial charge is 0.125 e. The van der Waals surface area contributed by atoms with Crippen molar-refractivity contribution in [1.29, 1.82) is 5.26 Å². The maximum absolute atomic E-state index is 9.37. The predicted octanol–water partition coefficient (Wildman–Crippen LogP) is 4.60. The molecule has 0 aliphatic heterocycles. The van der Waals surface area contributed by atoms with Crippen molar-refractivity contribution in [2.45, 2.75) is 31.7 Å². The van der Waals surface area contributed by atoms with Crippen LogP contribution < -0.4 is 5.32 Å². The topological polar surface area (TPSA) is 35.8 Å². The summed E-state index contributed by atoms with van der Waals surface area (Å²) in [6.07, 6.45) is 2.92. The Labute approximate surface area is 115 Å². The van der Waals surface area contributed by atoms with Gasteiger partial charge in [0.25, 0.3) is 0 Å². The Kier molecular flexibility index (Phi) is 3.65. The van der Waals surface area contributed by atoms with Crippen molar-refractivity contribution in [3.63, 3.8) is 0 Å². The molecule has 2 unspecified atom stereocenters. The molecule has 1 saturated carbocycles. The standard InChI is InChI=1S/C13H14BrClN2/c1-9-4-5-13(7-9,8-16)17-10-2-3-12(15)11(14)6-10/h2-3,6,9,17H,4-5,7H2,1H3. The lowest BCUT2D eigenvalue weighted by atomic mass is 9.98. The van der Waals surface area contributed by atoms with Gasteiger partial charge < -0.3 is 5.32 Å². The van der Waals surface area contributed by atoms with E-state index in [9.17, 15) is 5.26 Å². The summed E-state index contributed by atoms with van der Waals surface area (Å²) in [7, 11) is 0. The van der Waals surface area contributed by atoms with E-state index >= 15 is 0 Å². The van der Waals surface area contributed by atoms with Crippen LogP contribution in [0.4, 0.5) is 5.69 Å². The number of nitriles is 1. The van der Waals surface area contributed by atoms with Crippen LogP contribution in [0.1, 0.15) is 26.2 Å². The first kappa shape index (κ1) is 12.7. The van der Waals surface area contributed by atoms with E-state index in [1.165, 1.54) is 0 Å². The largest absolute Gasteiger partial charge is 0.367 e. The summed E-state index contributed by atoms with van der Waals surface area (Å²) >= 11 is 9.34. The van der Waals surface area contributed by atoms with E-state index in [2.05, 4.69) is 34.2 Å². The van der Waals surface area contributed by atoms with Gasteiger partial charge in [-0.25, -0.2) is 0 Å². The van der Waals surface area contributed by atoms with Crippen LogP contribution in [0.2, 0.25) is 5.02 Å². The number of hydrogen-bond acceptors (Lipinski definition) is 2. The number of rotatable bonds is 2. The van der Waals surface area contributed by atoms with Crippen LogP contribution in [0, 0.1) is 17.2 Å². The lowest BCUT2D eigenvalue weighted by molar-refractivity contribution is 0.558. The fourth-order valence-corrected chi connectivity index (χ4v) is 2.88. The van der Waals surface area contributed by atoms with Gasteiger partial charge in [0.05, 0.1) is 11.1 Å². The number of anilines is 1. The maximum Gasteiger partial charge on any atom is 0.125 e. The minimum atomic E-state index is -0.410. The molecule has 90 valence electrons. The Balaban J connectivity index is 2.20. The number of halogens is 2. The van der Waals surface area contributed by atoms with E-state index in [4.69, 9.17) is 11.6 Å². The van der Waals surface area contributed by atoms with E-state index in [1.54, 1.807) is 0 Å². The van der Waals surface area contributed by atoms with Crippen LogP contribution in [-0.4, -0.2) is 5.54 Å². The summed E-state index contributed by atoms with van der Waals surface area (Å²) < 4.78 is 0.850. The zero-order chi connectivity index (χ0) is 12.5. The third kappa shape index (κ3) is 2.75. The highest BCUT2D eigenvalue weighted by Gasteiger charge is 2.37. The molecule has 2 atom stereocenters. The summed E-state index contributed by atoms with van der Waals surface area (Å²) in [5.41, 5.74) is 0.532. The van der Waals surface area contributed by atoms with Crippen molar-refractivity contribution in [2.24, 2.45) is 5.92 Å². The van der Waals surface area contributed by atoms with Crippen LogP contribution in [-0.2, 0) is 0 Å². The summed E-state index contributed by atoms with van der Waals surface area (Å²) in [6.45, 7) is 2.19. The van der Waals surface area contributed by atoms with Gasteiger partial charge in [-0.1, -0.05) is 18.5 Å². The predicted molar refractivity (Wildman–Crippen MR) is 74.1 cm³/mol. The molecule has 1 aromatic carbocycles. The highest BCUT2D eigenvalue weighted by atomic mass is 79.9. The molecule has 0 saturated heterocycles. The second kappa shape index (κ2) is 4.88. The van der Waals surface area contributed by atoms with Crippen molar-refractivity contribution >= 4 is 33.2 Å². The Morgan fingerprint density at radius 1 is 1.59 bits per heavy atom. The van der Waals surface area contributed by atoms with E-state index in [-0.39, 0.29) is 0 Å². The van der Waals surface area contributed by atoms with Crippen LogP contribution in [0.3, 0.4) is 0 Å². The third-order valence-corrected chi connectivity index (χ3v) is 4.49. The van der Waals surface area contributed by atoms with E-state index in [0.29, 0.717) is 10.9 Å². The minimum absolute atomic E-state index is 0.410. The van der Waals surface area contributed by atoms with Gasteiger partial charge in [0, 0.05) is 10.2 Å². The van der Waals surface area contributed by atoms with Gasteiger partial charge in [-0.3, -0.25) is 0 Å². The molecule has 0 radical (unpaired) electrons. The molecule has 1 fully saturated rings. The van der Waals surface area contributed by atoms with E-state index < -0.39 is 5.54 Å². The highest BCUT2D eigenvalue weighted by Crippen LogP contribution is 2.37. The first-order valence-electron chi connectivity index (χ1n) is 5.69. The average molecular weight is 314 g/mol. The zero-order valence-electron chi connectivity index (χ0n) is 9.63. The van der Waals surface area contributed by atoms with Gasteiger partial charge in [-0.2, -0.15) is 5.26 Å².